The van der Waals surface area contributed by atoms with Gasteiger partial charge in [0.25, 0.3) is 5.91 Å². The second kappa shape index (κ2) is 10.3. The molecule has 0 aliphatic carbocycles. The van der Waals surface area contributed by atoms with Crippen molar-refractivity contribution in [2.24, 2.45) is 0 Å². The number of amides is 1. The average Bonchev–Trinajstić information content (AvgIpc) is 2.88. The third-order valence-electron chi connectivity index (χ3n) is 5.91. The number of ether oxygens (including phenoxy) is 3. The number of nitrogens with zero attached hydrogens (tertiary/aromatic N) is 4. The van der Waals surface area contributed by atoms with Crippen LogP contribution in [0.4, 0.5) is 19.0 Å². The Hall–Kier alpha value is -4.09. The van der Waals surface area contributed by atoms with Crippen molar-refractivity contribution in [3.8, 4) is 28.4 Å². The zero-order chi connectivity index (χ0) is 25.9. The number of alkyl halides is 3. The summed E-state index contributed by atoms with van der Waals surface area (Å²) < 4.78 is 52.4. The molecule has 0 unspecified atom stereocenters. The van der Waals surface area contributed by atoms with Gasteiger partial charge in [-0.15, -0.1) is 18.3 Å². The van der Waals surface area contributed by atoms with Gasteiger partial charge in [-0.3, -0.25) is 9.78 Å². The molecule has 0 spiro atoms. The van der Waals surface area contributed by atoms with Crippen LogP contribution < -0.4 is 19.9 Å². The number of carbonyl (C=O) groups is 1. The molecule has 2 N–H and O–H groups in total. The number of carbonyl (C=O) groups excluding carboxylic acids is 1. The second-order valence-corrected chi connectivity index (χ2v) is 8.13. The molecule has 1 fully saturated rings. The molecule has 1 aliphatic rings. The summed E-state index contributed by atoms with van der Waals surface area (Å²) in [6.07, 6.45) is -1.95. The van der Waals surface area contributed by atoms with Crippen LogP contribution in [-0.2, 0) is 0 Å². The molecule has 190 valence electrons. The number of pyridine rings is 1. The largest absolute Gasteiger partial charge is 0.573 e. The number of halogens is 3. The van der Waals surface area contributed by atoms with Crippen LogP contribution in [0, 0.1) is 0 Å². The van der Waals surface area contributed by atoms with E-state index in [1.807, 2.05) is 6.07 Å². The fourth-order valence-electron chi connectivity index (χ4n) is 4.09. The summed E-state index contributed by atoms with van der Waals surface area (Å²) in [5, 5.41) is 8.04. The molecule has 1 amide bonds. The van der Waals surface area contributed by atoms with E-state index >= 15 is 0 Å². The molecule has 1 aromatic carbocycles. The lowest BCUT2D eigenvalue weighted by Gasteiger charge is -2.31. The summed E-state index contributed by atoms with van der Waals surface area (Å²) in [4.78, 5) is 19.1. The highest BCUT2D eigenvalue weighted by Crippen LogP contribution is 2.38. The van der Waals surface area contributed by atoms with Gasteiger partial charge in [-0.25, -0.2) is 0 Å². The van der Waals surface area contributed by atoms with Gasteiger partial charge in [0.2, 0.25) is 0 Å². The summed E-state index contributed by atoms with van der Waals surface area (Å²) in [7, 11) is 2.67. The maximum atomic E-state index is 13.1. The second-order valence-electron chi connectivity index (χ2n) is 8.13. The van der Waals surface area contributed by atoms with Gasteiger partial charge in [-0.05, 0) is 42.7 Å². The van der Waals surface area contributed by atoms with E-state index in [0.29, 0.717) is 35.8 Å². The molecular formula is C24H24F3N5O4. The molecule has 0 bridgehead atoms. The zero-order valence-corrected chi connectivity index (χ0v) is 19.6. The van der Waals surface area contributed by atoms with Gasteiger partial charge in [0.15, 0.2) is 11.5 Å². The first-order chi connectivity index (χ1) is 17.2. The number of nitrogen functional groups attached to an aromatic ring is 1. The van der Waals surface area contributed by atoms with Crippen molar-refractivity contribution >= 4 is 11.7 Å². The number of benzene rings is 1. The molecule has 3 aromatic rings. The first-order valence-electron chi connectivity index (χ1n) is 11.0. The topological polar surface area (TPSA) is 113 Å². The molecule has 12 heteroatoms. The summed E-state index contributed by atoms with van der Waals surface area (Å²) in [5.74, 6) is 0.0619. The number of aromatic nitrogens is 3. The molecule has 36 heavy (non-hydrogen) atoms. The molecule has 4 rings (SSSR count). The molecule has 1 aliphatic heterocycles. The molecule has 9 nitrogen and oxygen atoms in total. The Morgan fingerprint density at radius 2 is 1.72 bits per heavy atom. The molecule has 3 heterocycles. The number of hydrogen-bond acceptors (Lipinski definition) is 8. The van der Waals surface area contributed by atoms with Crippen molar-refractivity contribution in [3.63, 3.8) is 0 Å². The predicted molar refractivity (Wildman–Crippen MR) is 124 cm³/mol. The number of rotatable bonds is 6. The quantitative estimate of drug-likeness (QED) is 0.536. The highest BCUT2D eigenvalue weighted by atomic mass is 19.4. The SMILES string of the molecule is COc1cc(-c2cnc(C(=O)N3CCC(c4ccc(N)nn4)CC3)cc2OC)ccc1OC(F)(F)F. The fraction of sp³-hybridized carbons (Fsp3) is 0.333. The van der Waals surface area contributed by atoms with Crippen molar-refractivity contribution < 1.29 is 32.2 Å². The maximum Gasteiger partial charge on any atom is 0.573 e. The van der Waals surface area contributed by atoms with Crippen molar-refractivity contribution in [2.45, 2.75) is 25.1 Å². The van der Waals surface area contributed by atoms with E-state index in [4.69, 9.17) is 15.2 Å². The monoisotopic (exact) mass is 503 g/mol. The van der Waals surface area contributed by atoms with E-state index in [9.17, 15) is 18.0 Å². The Labute approximate surface area is 205 Å². The number of nitrogens with two attached hydrogens (primary N) is 1. The number of methoxy groups -OCH3 is 2. The lowest BCUT2D eigenvalue weighted by atomic mass is 9.93. The molecule has 1 saturated heterocycles. The number of piperidine rings is 1. The number of hydrogen-bond donors (Lipinski definition) is 1. The first kappa shape index (κ1) is 25.0. The van der Waals surface area contributed by atoms with E-state index in [-0.39, 0.29) is 23.3 Å². The van der Waals surface area contributed by atoms with Crippen LogP contribution in [-0.4, -0.2) is 59.7 Å². The van der Waals surface area contributed by atoms with Crippen LogP contribution in [0.25, 0.3) is 11.1 Å². The van der Waals surface area contributed by atoms with Crippen molar-refractivity contribution in [2.75, 3.05) is 33.0 Å². The number of likely N-dealkylation sites (tertiary alicyclic amines) is 1. The molecule has 0 atom stereocenters. The Morgan fingerprint density at radius 3 is 2.33 bits per heavy atom. The van der Waals surface area contributed by atoms with Crippen molar-refractivity contribution in [3.05, 3.63) is 54.0 Å². The highest BCUT2D eigenvalue weighted by Gasteiger charge is 2.33. The Morgan fingerprint density at radius 1 is 1.00 bits per heavy atom. The Kier molecular flexibility index (Phi) is 7.13. The lowest BCUT2D eigenvalue weighted by molar-refractivity contribution is -0.275. The van der Waals surface area contributed by atoms with E-state index < -0.39 is 12.1 Å². The third kappa shape index (κ3) is 5.58. The Bertz CT molecular complexity index is 1230. The molecular weight excluding hydrogens is 479 g/mol. The predicted octanol–water partition coefficient (Wildman–Crippen LogP) is 4.06. The van der Waals surface area contributed by atoms with Crippen LogP contribution in [0.3, 0.4) is 0 Å². The zero-order valence-electron chi connectivity index (χ0n) is 19.6. The van der Waals surface area contributed by atoms with Gasteiger partial charge < -0.3 is 24.8 Å². The minimum atomic E-state index is -4.85. The molecule has 2 aromatic heterocycles. The van der Waals surface area contributed by atoms with Gasteiger partial charge in [-0.2, -0.15) is 5.10 Å². The van der Waals surface area contributed by atoms with Crippen LogP contribution in [0.1, 0.15) is 34.9 Å². The van der Waals surface area contributed by atoms with E-state index in [2.05, 4.69) is 19.9 Å². The summed E-state index contributed by atoms with van der Waals surface area (Å²) >= 11 is 0. The van der Waals surface area contributed by atoms with E-state index in [1.165, 1.54) is 38.6 Å². The smallest absolute Gasteiger partial charge is 0.496 e. The maximum absolute atomic E-state index is 13.1. The van der Waals surface area contributed by atoms with Crippen molar-refractivity contribution in [1.29, 1.82) is 0 Å². The third-order valence-corrected chi connectivity index (χ3v) is 5.91. The van der Waals surface area contributed by atoms with Crippen LogP contribution >= 0.6 is 0 Å². The van der Waals surface area contributed by atoms with Gasteiger partial charge in [-0.1, -0.05) is 6.07 Å². The van der Waals surface area contributed by atoms with Crippen LogP contribution in [0.2, 0.25) is 0 Å². The van der Waals surface area contributed by atoms with Gasteiger partial charge >= 0.3 is 6.36 Å². The van der Waals surface area contributed by atoms with Crippen LogP contribution in [0.15, 0.2) is 42.6 Å². The van der Waals surface area contributed by atoms with E-state index in [1.54, 1.807) is 11.0 Å². The van der Waals surface area contributed by atoms with Gasteiger partial charge in [0, 0.05) is 36.8 Å². The fourth-order valence-corrected chi connectivity index (χ4v) is 4.09. The molecule has 0 radical (unpaired) electrons. The van der Waals surface area contributed by atoms with Gasteiger partial charge in [0.1, 0.15) is 17.3 Å². The highest BCUT2D eigenvalue weighted by molar-refractivity contribution is 5.93. The van der Waals surface area contributed by atoms with Crippen molar-refractivity contribution in [1.82, 2.24) is 20.1 Å². The van der Waals surface area contributed by atoms with Crippen LogP contribution in [0.5, 0.6) is 17.2 Å². The number of anilines is 1. The molecule has 0 saturated carbocycles. The first-order valence-corrected chi connectivity index (χ1v) is 11.0. The summed E-state index contributed by atoms with van der Waals surface area (Å²) in [6, 6.07) is 9.04. The summed E-state index contributed by atoms with van der Waals surface area (Å²) in [6.45, 7) is 1.05. The van der Waals surface area contributed by atoms with E-state index in [0.717, 1.165) is 24.6 Å². The van der Waals surface area contributed by atoms with Gasteiger partial charge in [0.05, 0.1) is 19.9 Å². The lowest BCUT2D eigenvalue weighted by Crippen LogP contribution is -2.38. The minimum absolute atomic E-state index is 0.110. The standard InChI is InChI=1S/C24H24F3N5O4/c1-34-20-12-18(23(33)32-9-7-14(8-10-32)17-4-6-22(28)31-30-17)29-13-16(20)15-3-5-19(21(11-15)35-2)36-24(25,26)27/h3-6,11-14H,7-10H2,1-2H3,(H2,28,31). The normalized spacial score (nSPS) is 14.4. The average molecular weight is 503 g/mol. The summed E-state index contributed by atoms with van der Waals surface area (Å²) in [5.41, 5.74) is 7.61. The Balaban J connectivity index is 1.50. The minimum Gasteiger partial charge on any atom is -0.496 e.